The highest BCUT2D eigenvalue weighted by Gasteiger charge is 2.26. The van der Waals surface area contributed by atoms with Gasteiger partial charge in [-0.05, 0) is 6.92 Å². The number of nitrogens with zero attached hydrogens (tertiary/aromatic N) is 4. The zero-order valence-electron chi connectivity index (χ0n) is 13.7. The molecule has 23 heavy (non-hydrogen) atoms. The van der Waals surface area contributed by atoms with Crippen molar-refractivity contribution in [3.63, 3.8) is 0 Å². The predicted molar refractivity (Wildman–Crippen MR) is 84.8 cm³/mol. The van der Waals surface area contributed by atoms with Gasteiger partial charge in [0.15, 0.2) is 0 Å². The van der Waals surface area contributed by atoms with Gasteiger partial charge in [-0.2, -0.15) is 0 Å². The number of hydrogen-bond donors (Lipinski definition) is 1. The molecule has 1 saturated heterocycles. The van der Waals surface area contributed by atoms with Crippen LogP contribution in [0.4, 0.5) is 0 Å². The molecule has 3 rings (SSSR count). The maximum Gasteiger partial charge on any atom is 0.224 e. The molecule has 1 N–H and O–H groups in total. The van der Waals surface area contributed by atoms with Crippen LogP contribution in [0.25, 0.3) is 0 Å². The number of carbonyl (C=O) groups is 1. The van der Waals surface area contributed by atoms with Crippen LogP contribution >= 0.6 is 0 Å². The summed E-state index contributed by atoms with van der Waals surface area (Å²) in [4.78, 5) is 26.1. The first kappa shape index (κ1) is 15.7. The van der Waals surface area contributed by atoms with E-state index in [9.17, 15) is 4.79 Å². The van der Waals surface area contributed by atoms with Crippen LogP contribution in [0.1, 0.15) is 36.8 Å². The van der Waals surface area contributed by atoms with E-state index < -0.39 is 0 Å². The van der Waals surface area contributed by atoms with Crippen LogP contribution in [-0.2, 0) is 22.5 Å². The zero-order chi connectivity index (χ0) is 16.2. The Morgan fingerprint density at radius 3 is 3.09 bits per heavy atom. The van der Waals surface area contributed by atoms with Gasteiger partial charge >= 0.3 is 0 Å². The molecule has 0 saturated carbocycles. The Kier molecular flexibility index (Phi) is 4.76. The molecule has 0 unspecified atom stereocenters. The molecule has 1 aliphatic heterocycles. The minimum atomic E-state index is -0.166. The number of aryl methyl sites for hydroxylation is 3. The smallest absolute Gasteiger partial charge is 0.224 e. The summed E-state index contributed by atoms with van der Waals surface area (Å²) in [6.07, 6.45) is 6.69. The molecule has 0 aromatic carbocycles. The Labute approximate surface area is 135 Å². The molecule has 0 radical (unpaired) electrons. The largest absolute Gasteiger partial charge is 0.367 e. The van der Waals surface area contributed by atoms with E-state index in [4.69, 9.17) is 4.74 Å². The number of hydrogen-bond acceptors (Lipinski definition) is 4. The van der Waals surface area contributed by atoms with E-state index >= 15 is 0 Å². The normalized spacial score (nSPS) is 18.3. The SMILES string of the molecule is CCc1nccn1CCC(=O)N1CCO[C@@H](c2ncc(C)[nH]2)C1. The van der Waals surface area contributed by atoms with E-state index in [1.54, 1.807) is 12.4 Å². The number of aromatic amines is 1. The van der Waals surface area contributed by atoms with Crippen molar-refractivity contribution in [3.8, 4) is 0 Å². The second-order valence-corrected chi connectivity index (χ2v) is 5.79. The summed E-state index contributed by atoms with van der Waals surface area (Å²) in [7, 11) is 0. The number of imidazole rings is 2. The fourth-order valence-electron chi connectivity index (χ4n) is 2.87. The van der Waals surface area contributed by atoms with Gasteiger partial charge in [0.05, 0.1) is 13.2 Å². The van der Waals surface area contributed by atoms with Gasteiger partial charge < -0.3 is 19.2 Å². The first-order valence-electron chi connectivity index (χ1n) is 8.08. The van der Waals surface area contributed by atoms with Gasteiger partial charge in [-0.25, -0.2) is 9.97 Å². The average molecular weight is 317 g/mol. The van der Waals surface area contributed by atoms with Crippen molar-refractivity contribution < 1.29 is 9.53 Å². The number of morpholine rings is 1. The molecule has 1 amide bonds. The highest BCUT2D eigenvalue weighted by Crippen LogP contribution is 2.20. The third kappa shape index (κ3) is 3.61. The van der Waals surface area contributed by atoms with Crippen molar-refractivity contribution in [1.29, 1.82) is 0 Å². The third-order valence-corrected chi connectivity index (χ3v) is 4.13. The van der Waals surface area contributed by atoms with Crippen molar-refractivity contribution in [2.45, 2.75) is 39.3 Å². The quantitative estimate of drug-likeness (QED) is 0.906. The zero-order valence-corrected chi connectivity index (χ0v) is 13.7. The lowest BCUT2D eigenvalue weighted by Gasteiger charge is -2.32. The van der Waals surface area contributed by atoms with Gasteiger partial charge in [0.25, 0.3) is 0 Å². The van der Waals surface area contributed by atoms with E-state index in [2.05, 4.69) is 21.9 Å². The summed E-state index contributed by atoms with van der Waals surface area (Å²) in [6.45, 7) is 6.43. The first-order valence-corrected chi connectivity index (χ1v) is 8.08. The van der Waals surface area contributed by atoms with Crippen molar-refractivity contribution in [2.75, 3.05) is 19.7 Å². The Balaban J connectivity index is 1.57. The molecule has 1 atom stereocenters. The Hall–Kier alpha value is -2.15. The maximum atomic E-state index is 12.5. The van der Waals surface area contributed by atoms with E-state index in [1.165, 1.54) is 0 Å². The van der Waals surface area contributed by atoms with Gasteiger partial charge in [-0.3, -0.25) is 4.79 Å². The van der Waals surface area contributed by atoms with Crippen LogP contribution in [0.3, 0.4) is 0 Å². The van der Waals surface area contributed by atoms with Crippen molar-refractivity contribution in [1.82, 2.24) is 24.4 Å². The molecule has 7 heteroatoms. The second-order valence-electron chi connectivity index (χ2n) is 5.79. The Morgan fingerprint density at radius 2 is 2.35 bits per heavy atom. The molecule has 0 aliphatic carbocycles. The molecule has 1 aliphatic rings. The third-order valence-electron chi connectivity index (χ3n) is 4.13. The fourth-order valence-corrected chi connectivity index (χ4v) is 2.87. The lowest BCUT2D eigenvalue weighted by molar-refractivity contribution is -0.139. The maximum absolute atomic E-state index is 12.5. The standard InChI is InChI=1S/C16H23N5O2/c1-3-14-17-5-7-20(14)6-4-15(22)21-8-9-23-13(11-21)16-18-10-12(2)19-16/h5,7,10,13H,3-4,6,8-9,11H2,1-2H3,(H,18,19)/t13-/m1/s1. The predicted octanol–water partition coefficient (Wildman–Crippen LogP) is 1.47. The van der Waals surface area contributed by atoms with Gasteiger partial charge in [0.1, 0.15) is 17.8 Å². The molecule has 3 heterocycles. The van der Waals surface area contributed by atoms with Gasteiger partial charge in [0, 0.05) is 50.2 Å². The van der Waals surface area contributed by atoms with Gasteiger partial charge in [-0.15, -0.1) is 0 Å². The first-order chi connectivity index (χ1) is 11.2. The molecule has 2 aromatic heterocycles. The number of carbonyl (C=O) groups excluding carboxylic acids is 1. The number of ether oxygens (including phenoxy) is 1. The fraction of sp³-hybridized carbons (Fsp3) is 0.562. The van der Waals surface area contributed by atoms with Crippen molar-refractivity contribution >= 4 is 5.91 Å². The highest BCUT2D eigenvalue weighted by atomic mass is 16.5. The lowest BCUT2D eigenvalue weighted by Crippen LogP contribution is -2.42. The molecule has 0 bridgehead atoms. The van der Waals surface area contributed by atoms with Gasteiger partial charge in [-0.1, -0.05) is 6.92 Å². The summed E-state index contributed by atoms with van der Waals surface area (Å²) in [5.74, 6) is 1.96. The van der Waals surface area contributed by atoms with Gasteiger partial charge in [0.2, 0.25) is 5.91 Å². The van der Waals surface area contributed by atoms with Crippen LogP contribution in [0, 0.1) is 6.92 Å². The average Bonchev–Trinajstić information content (AvgIpc) is 3.21. The number of H-pyrrole nitrogens is 1. The monoisotopic (exact) mass is 317 g/mol. The van der Waals surface area contributed by atoms with Crippen LogP contribution < -0.4 is 0 Å². The topological polar surface area (TPSA) is 76.0 Å². The lowest BCUT2D eigenvalue weighted by atomic mass is 10.2. The highest BCUT2D eigenvalue weighted by molar-refractivity contribution is 5.76. The molecule has 0 spiro atoms. The molecule has 2 aromatic rings. The summed E-state index contributed by atoms with van der Waals surface area (Å²) >= 11 is 0. The van der Waals surface area contributed by atoms with E-state index in [0.29, 0.717) is 32.7 Å². The second kappa shape index (κ2) is 6.95. The van der Waals surface area contributed by atoms with Crippen molar-refractivity contribution in [3.05, 3.63) is 35.9 Å². The van der Waals surface area contributed by atoms with Crippen LogP contribution in [-0.4, -0.2) is 50.0 Å². The number of nitrogens with one attached hydrogen (secondary N) is 1. The minimum Gasteiger partial charge on any atom is -0.367 e. The van der Waals surface area contributed by atoms with Crippen LogP contribution in [0.2, 0.25) is 0 Å². The Bertz CT molecular complexity index is 663. The van der Waals surface area contributed by atoms with E-state index in [1.807, 2.05) is 22.6 Å². The summed E-state index contributed by atoms with van der Waals surface area (Å²) in [6, 6.07) is 0. The Morgan fingerprint density at radius 1 is 1.48 bits per heavy atom. The van der Waals surface area contributed by atoms with Crippen LogP contribution in [0.15, 0.2) is 18.6 Å². The summed E-state index contributed by atoms with van der Waals surface area (Å²) < 4.78 is 7.79. The minimum absolute atomic E-state index is 0.150. The summed E-state index contributed by atoms with van der Waals surface area (Å²) in [5, 5.41) is 0. The van der Waals surface area contributed by atoms with E-state index in [0.717, 1.165) is 23.8 Å². The van der Waals surface area contributed by atoms with Crippen molar-refractivity contribution in [2.24, 2.45) is 0 Å². The molecule has 124 valence electrons. The number of rotatable bonds is 5. The molecule has 7 nitrogen and oxygen atoms in total. The van der Waals surface area contributed by atoms with Crippen LogP contribution in [0.5, 0.6) is 0 Å². The molecular weight excluding hydrogens is 294 g/mol. The summed E-state index contributed by atoms with van der Waals surface area (Å²) in [5.41, 5.74) is 0.999. The number of aromatic nitrogens is 4. The molecular formula is C16H23N5O2. The number of amides is 1. The van der Waals surface area contributed by atoms with E-state index in [-0.39, 0.29) is 12.0 Å². The molecule has 1 fully saturated rings.